The standard InChI is InChI=1S/C15H22N2O4/c1-14(2)9-10(14)12(19)17(11(9)18)7-15(16-3,8-5-6-8)13(20)21-4/h8-10,16H,5-7H2,1-4H3. The van der Waals surface area contributed by atoms with E-state index in [-0.39, 0.29) is 41.5 Å². The molecule has 3 fully saturated rings. The Morgan fingerprint density at radius 2 is 1.86 bits per heavy atom. The molecule has 116 valence electrons. The smallest absolute Gasteiger partial charge is 0.328 e. The molecule has 6 nitrogen and oxygen atoms in total. The predicted molar refractivity (Wildman–Crippen MR) is 74.0 cm³/mol. The number of hydrogen-bond acceptors (Lipinski definition) is 5. The maximum absolute atomic E-state index is 12.4. The number of carbonyl (C=O) groups is 3. The first-order chi connectivity index (χ1) is 9.81. The van der Waals surface area contributed by atoms with E-state index in [9.17, 15) is 14.4 Å². The fourth-order valence-corrected chi connectivity index (χ4v) is 3.91. The number of hydrogen-bond donors (Lipinski definition) is 1. The molecule has 0 aromatic rings. The number of amides is 2. The summed E-state index contributed by atoms with van der Waals surface area (Å²) in [7, 11) is 3.02. The summed E-state index contributed by atoms with van der Waals surface area (Å²) < 4.78 is 4.92. The normalized spacial score (nSPS) is 32.7. The van der Waals surface area contributed by atoms with Crippen LogP contribution in [0.15, 0.2) is 0 Å². The van der Waals surface area contributed by atoms with Crippen molar-refractivity contribution >= 4 is 17.8 Å². The van der Waals surface area contributed by atoms with E-state index in [1.165, 1.54) is 12.0 Å². The van der Waals surface area contributed by atoms with Crippen LogP contribution in [0.3, 0.4) is 0 Å². The van der Waals surface area contributed by atoms with Crippen LogP contribution in [0.4, 0.5) is 0 Å². The number of piperidine rings is 1. The molecule has 6 heteroatoms. The first kappa shape index (κ1) is 14.5. The van der Waals surface area contributed by atoms with Gasteiger partial charge in [0.15, 0.2) is 0 Å². The van der Waals surface area contributed by atoms with Crippen LogP contribution in [-0.4, -0.2) is 48.9 Å². The van der Waals surface area contributed by atoms with Gasteiger partial charge in [0.1, 0.15) is 5.54 Å². The topological polar surface area (TPSA) is 75.7 Å². The van der Waals surface area contributed by atoms with E-state index in [1.807, 2.05) is 13.8 Å². The fraction of sp³-hybridized carbons (Fsp3) is 0.800. The molecule has 2 aliphatic carbocycles. The summed E-state index contributed by atoms with van der Waals surface area (Å²) >= 11 is 0. The lowest BCUT2D eigenvalue weighted by Gasteiger charge is -2.35. The molecule has 1 heterocycles. The Balaban J connectivity index is 1.84. The largest absolute Gasteiger partial charge is 0.468 e. The number of likely N-dealkylation sites (tertiary alicyclic amines) is 1. The molecule has 1 N–H and O–H groups in total. The van der Waals surface area contributed by atoms with E-state index in [4.69, 9.17) is 4.74 Å². The van der Waals surface area contributed by atoms with Gasteiger partial charge >= 0.3 is 5.97 Å². The highest BCUT2D eigenvalue weighted by Crippen LogP contribution is 2.63. The lowest BCUT2D eigenvalue weighted by molar-refractivity contribution is -0.153. The van der Waals surface area contributed by atoms with E-state index in [2.05, 4.69) is 5.32 Å². The first-order valence-electron chi connectivity index (χ1n) is 7.43. The van der Waals surface area contributed by atoms with Gasteiger partial charge < -0.3 is 10.1 Å². The third-order valence-electron chi connectivity index (χ3n) is 5.57. The Kier molecular flexibility index (Phi) is 2.96. The zero-order chi connectivity index (χ0) is 15.6. The number of esters is 1. The molecular weight excluding hydrogens is 272 g/mol. The van der Waals surface area contributed by atoms with Crippen LogP contribution in [0.2, 0.25) is 0 Å². The van der Waals surface area contributed by atoms with Crippen molar-refractivity contribution in [2.45, 2.75) is 32.2 Å². The summed E-state index contributed by atoms with van der Waals surface area (Å²) in [6.45, 7) is 3.98. The lowest BCUT2D eigenvalue weighted by Crippen LogP contribution is -2.61. The number of nitrogens with one attached hydrogen (secondary N) is 1. The van der Waals surface area contributed by atoms with Gasteiger partial charge in [-0.05, 0) is 31.2 Å². The fourth-order valence-electron chi connectivity index (χ4n) is 3.91. The van der Waals surface area contributed by atoms with Crippen molar-refractivity contribution in [2.75, 3.05) is 20.7 Å². The molecule has 3 rings (SSSR count). The number of methoxy groups -OCH3 is 1. The quantitative estimate of drug-likeness (QED) is 0.578. The molecule has 3 unspecified atom stereocenters. The molecule has 3 aliphatic rings. The summed E-state index contributed by atoms with van der Waals surface area (Å²) in [6, 6.07) is 0. The Morgan fingerprint density at radius 3 is 2.24 bits per heavy atom. The van der Waals surface area contributed by atoms with Crippen molar-refractivity contribution in [1.82, 2.24) is 10.2 Å². The minimum atomic E-state index is -0.957. The molecule has 21 heavy (non-hydrogen) atoms. The van der Waals surface area contributed by atoms with Crippen LogP contribution < -0.4 is 5.32 Å². The zero-order valence-corrected chi connectivity index (χ0v) is 12.9. The highest BCUT2D eigenvalue weighted by Gasteiger charge is 2.73. The molecule has 0 spiro atoms. The van der Waals surface area contributed by atoms with Gasteiger partial charge in [0, 0.05) is 0 Å². The van der Waals surface area contributed by atoms with Gasteiger partial charge in [-0.2, -0.15) is 0 Å². The van der Waals surface area contributed by atoms with Gasteiger partial charge in [-0.15, -0.1) is 0 Å². The SMILES string of the molecule is CNC(CN1C(=O)C2C(C1=O)C2(C)C)(C(=O)OC)C1CC1. The summed E-state index contributed by atoms with van der Waals surface area (Å²) in [5.41, 5.74) is -1.18. The van der Waals surface area contributed by atoms with E-state index < -0.39 is 11.5 Å². The average molecular weight is 294 g/mol. The summed E-state index contributed by atoms with van der Waals surface area (Å²) in [5, 5.41) is 3.03. The predicted octanol–water partition coefficient (Wildman–Crippen LogP) is 0.169. The van der Waals surface area contributed by atoms with Crippen molar-refractivity contribution in [3.05, 3.63) is 0 Å². The Bertz CT molecular complexity index is 502. The first-order valence-corrected chi connectivity index (χ1v) is 7.43. The van der Waals surface area contributed by atoms with Crippen LogP contribution in [0.1, 0.15) is 26.7 Å². The molecule has 0 radical (unpaired) electrons. The van der Waals surface area contributed by atoms with E-state index in [0.717, 1.165) is 12.8 Å². The molecule has 3 atom stereocenters. The van der Waals surface area contributed by atoms with Crippen molar-refractivity contribution in [2.24, 2.45) is 23.2 Å². The third kappa shape index (κ3) is 1.78. The number of imide groups is 1. The minimum absolute atomic E-state index is 0.0849. The highest BCUT2D eigenvalue weighted by molar-refractivity contribution is 6.10. The van der Waals surface area contributed by atoms with Crippen LogP contribution in [-0.2, 0) is 19.1 Å². The minimum Gasteiger partial charge on any atom is -0.468 e. The Hall–Kier alpha value is -1.43. The van der Waals surface area contributed by atoms with E-state index >= 15 is 0 Å². The Morgan fingerprint density at radius 1 is 1.33 bits per heavy atom. The van der Waals surface area contributed by atoms with Gasteiger partial charge in [-0.3, -0.25) is 14.5 Å². The van der Waals surface area contributed by atoms with Gasteiger partial charge in [0.25, 0.3) is 0 Å². The summed E-state index contributed by atoms with van der Waals surface area (Å²) in [4.78, 5) is 38.4. The van der Waals surface area contributed by atoms with Crippen LogP contribution in [0.5, 0.6) is 0 Å². The molecule has 1 saturated heterocycles. The number of nitrogens with zero attached hydrogens (tertiary/aromatic N) is 1. The zero-order valence-electron chi connectivity index (χ0n) is 12.9. The third-order valence-corrected chi connectivity index (χ3v) is 5.57. The van der Waals surface area contributed by atoms with Gasteiger partial charge in [0.2, 0.25) is 11.8 Å². The second-order valence-electron chi connectivity index (χ2n) is 7.03. The highest BCUT2D eigenvalue weighted by atomic mass is 16.5. The van der Waals surface area contributed by atoms with Gasteiger partial charge in [0.05, 0.1) is 25.5 Å². The van der Waals surface area contributed by atoms with Crippen molar-refractivity contribution in [1.29, 1.82) is 0 Å². The van der Waals surface area contributed by atoms with Crippen molar-refractivity contribution in [3.63, 3.8) is 0 Å². The van der Waals surface area contributed by atoms with Gasteiger partial charge in [-0.25, -0.2) is 4.79 Å². The maximum Gasteiger partial charge on any atom is 0.328 e. The van der Waals surface area contributed by atoms with Crippen molar-refractivity contribution < 1.29 is 19.1 Å². The molecule has 0 aromatic carbocycles. The molecule has 2 saturated carbocycles. The molecule has 0 aromatic heterocycles. The molecule has 0 bridgehead atoms. The number of ether oxygens (including phenoxy) is 1. The van der Waals surface area contributed by atoms with Crippen LogP contribution in [0.25, 0.3) is 0 Å². The lowest BCUT2D eigenvalue weighted by atomic mass is 9.91. The maximum atomic E-state index is 12.4. The van der Waals surface area contributed by atoms with Crippen LogP contribution in [0, 0.1) is 23.2 Å². The second kappa shape index (κ2) is 4.29. The summed E-state index contributed by atoms with van der Waals surface area (Å²) in [6.07, 6.45) is 1.81. The average Bonchev–Trinajstić information content (AvgIpc) is 3.33. The second-order valence-corrected chi connectivity index (χ2v) is 7.03. The molecule has 1 aliphatic heterocycles. The number of fused-ring (bicyclic) bond motifs is 1. The van der Waals surface area contributed by atoms with E-state index in [0.29, 0.717) is 0 Å². The number of likely N-dealkylation sites (N-methyl/N-ethyl adjacent to an activating group) is 1. The van der Waals surface area contributed by atoms with Gasteiger partial charge in [-0.1, -0.05) is 13.8 Å². The van der Waals surface area contributed by atoms with Crippen LogP contribution >= 0.6 is 0 Å². The number of carbonyl (C=O) groups excluding carboxylic acids is 3. The monoisotopic (exact) mass is 294 g/mol. The molecule has 2 amide bonds. The number of rotatable bonds is 5. The van der Waals surface area contributed by atoms with E-state index in [1.54, 1.807) is 7.05 Å². The molecular formula is C15H22N2O4. The summed E-state index contributed by atoms with van der Waals surface area (Å²) in [5.74, 6) is -0.973. The Labute approximate surface area is 124 Å². The van der Waals surface area contributed by atoms with Crippen molar-refractivity contribution in [3.8, 4) is 0 Å².